The minimum absolute atomic E-state index is 0.0487. The maximum Gasteiger partial charge on any atom is 0.317 e. The molecule has 0 aromatic carbocycles. The molecule has 6 nitrogen and oxygen atoms in total. The Morgan fingerprint density at radius 2 is 1.62 bits per heavy atom. The maximum absolute atomic E-state index is 12.0. The van der Waals surface area contributed by atoms with Gasteiger partial charge in [0.15, 0.2) is 0 Å². The lowest BCUT2D eigenvalue weighted by molar-refractivity contribution is -0.137. The molecule has 0 rings (SSSR count). The average molecular weight is 301 g/mol. The Labute approximate surface area is 128 Å². The van der Waals surface area contributed by atoms with Gasteiger partial charge in [0.05, 0.1) is 0 Å². The Morgan fingerprint density at radius 3 is 2.14 bits per heavy atom. The zero-order valence-electron chi connectivity index (χ0n) is 13.7. The molecule has 0 bridgehead atoms. The second-order valence-corrected chi connectivity index (χ2v) is 5.04. The molecule has 0 aromatic heterocycles. The minimum atomic E-state index is -0.784. The molecule has 6 heteroatoms. The van der Waals surface area contributed by atoms with Crippen LogP contribution < -0.4 is 5.32 Å². The van der Waals surface area contributed by atoms with E-state index < -0.39 is 5.97 Å². The number of nitrogens with zero attached hydrogens (tertiary/aromatic N) is 2. The maximum atomic E-state index is 12.0. The van der Waals surface area contributed by atoms with Crippen LogP contribution in [0.1, 0.15) is 46.5 Å². The SMILES string of the molecule is CCN(CC)CCCN(CC)C(=O)NCCCCC(=O)O. The van der Waals surface area contributed by atoms with Gasteiger partial charge >= 0.3 is 12.0 Å². The highest BCUT2D eigenvalue weighted by Gasteiger charge is 2.10. The summed E-state index contributed by atoms with van der Waals surface area (Å²) in [5.41, 5.74) is 0. The summed E-state index contributed by atoms with van der Waals surface area (Å²) in [6, 6.07) is -0.0487. The first-order valence-corrected chi connectivity index (χ1v) is 8.02. The van der Waals surface area contributed by atoms with Gasteiger partial charge in [0.2, 0.25) is 0 Å². The van der Waals surface area contributed by atoms with E-state index in [-0.39, 0.29) is 12.5 Å². The third-order valence-corrected chi connectivity index (χ3v) is 3.56. The molecular weight excluding hydrogens is 270 g/mol. The van der Waals surface area contributed by atoms with Gasteiger partial charge in [0.25, 0.3) is 0 Å². The van der Waals surface area contributed by atoms with E-state index in [1.807, 2.05) is 6.92 Å². The average Bonchev–Trinajstić information content (AvgIpc) is 2.46. The van der Waals surface area contributed by atoms with Crippen LogP contribution >= 0.6 is 0 Å². The number of urea groups is 1. The standard InChI is InChI=1S/C15H31N3O3/c1-4-17(5-2)12-9-13-18(6-3)15(21)16-11-8-7-10-14(19)20/h4-13H2,1-3H3,(H,16,21)(H,19,20). The summed E-state index contributed by atoms with van der Waals surface area (Å²) in [6.45, 7) is 11.3. The highest BCUT2D eigenvalue weighted by atomic mass is 16.4. The second kappa shape index (κ2) is 12.4. The van der Waals surface area contributed by atoms with E-state index in [2.05, 4.69) is 24.1 Å². The van der Waals surface area contributed by atoms with Crippen LogP contribution in [0.5, 0.6) is 0 Å². The first-order valence-electron chi connectivity index (χ1n) is 8.02. The number of amides is 2. The van der Waals surface area contributed by atoms with Gasteiger partial charge in [0, 0.05) is 26.1 Å². The first-order chi connectivity index (χ1) is 10.0. The summed E-state index contributed by atoms with van der Waals surface area (Å²) in [4.78, 5) is 26.5. The Kier molecular flexibility index (Phi) is 11.7. The van der Waals surface area contributed by atoms with Gasteiger partial charge < -0.3 is 20.2 Å². The number of hydrogen-bond acceptors (Lipinski definition) is 3. The van der Waals surface area contributed by atoms with Gasteiger partial charge in [0.1, 0.15) is 0 Å². The lowest BCUT2D eigenvalue weighted by atomic mass is 10.2. The van der Waals surface area contributed by atoms with Crippen molar-refractivity contribution < 1.29 is 14.7 Å². The Hall–Kier alpha value is -1.30. The summed E-state index contributed by atoms with van der Waals surface area (Å²) in [6.07, 6.45) is 2.44. The van der Waals surface area contributed by atoms with Crippen LogP contribution in [0.3, 0.4) is 0 Å². The fourth-order valence-corrected chi connectivity index (χ4v) is 2.14. The molecule has 0 spiro atoms. The normalized spacial score (nSPS) is 10.7. The van der Waals surface area contributed by atoms with E-state index in [1.54, 1.807) is 4.90 Å². The molecule has 0 heterocycles. The smallest absolute Gasteiger partial charge is 0.317 e. The zero-order valence-corrected chi connectivity index (χ0v) is 13.7. The number of unbranched alkanes of at least 4 members (excludes halogenated alkanes) is 1. The summed E-state index contributed by atoms with van der Waals surface area (Å²) >= 11 is 0. The Balaban J connectivity index is 3.83. The number of carbonyl (C=O) groups excluding carboxylic acids is 1. The molecule has 124 valence electrons. The van der Waals surface area contributed by atoms with Crippen LogP contribution in [0.4, 0.5) is 4.79 Å². The number of carbonyl (C=O) groups is 2. The van der Waals surface area contributed by atoms with Gasteiger partial charge in [-0.05, 0) is 45.8 Å². The number of nitrogens with one attached hydrogen (secondary N) is 1. The van der Waals surface area contributed by atoms with Crippen molar-refractivity contribution in [2.24, 2.45) is 0 Å². The first kappa shape index (κ1) is 19.7. The van der Waals surface area contributed by atoms with Crippen LogP contribution in [-0.4, -0.2) is 66.2 Å². The highest BCUT2D eigenvalue weighted by molar-refractivity contribution is 5.74. The van der Waals surface area contributed by atoms with Gasteiger partial charge in [-0.3, -0.25) is 4.79 Å². The molecule has 0 radical (unpaired) electrons. The van der Waals surface area contributed by atoms with Crippen molar-refractivity contribution in [1.82, 2.24) is 15.1 Å². The number of aliphatic carboxylic acids is 1. The van der Waals surface area contributed by atoms with Crippen molar-refractivity contribution in [1.29, 1.82) is 0 Å². The highest BCUT2D eigenvalue weighted by Crippen LogP contribution is 1.98. The van der Waals surface area contributed by atoms with E-state index in [0.717, 1.165) is 32.6 Å². The number of carboxylic acids is 1. The van der Waals surface area contributed by atoms with Crippen molar-refractivity contribution in [2.75, 3.05) is 39.3 Å². The molecule has 2 amide bonds. The molecule has 0 aromatic rings. The summed E-state index contributed by atoms with van der Waals surface area (Å²) < 4.78 is 0. The third-order valence-electron chi connectivity index (χ3n) is 3.56. The van der Waals surface area contributed by atoms with Crippen LogP contribution in [0, 0.1) is 0 Å². The molecule has 2 N–H and O–H groups in total. The van der Waals surface area contributed by atoms with E-state index in [4.69, 9.17) is 5.11 Å². The van der Waals surface area contributed by atoms with Crippen molar-refractivity contribution in [3.63, 3.8) is 0 Å². The molecule has 0 saturated heterocycles. The van der Waals surface area contributed by atoms with E-state index in [0.29, 0.717) is 25.9 Å². The Bertz CT molecular complexity index is 294. The third kappa shape index (κ3) is 10.1. The summed E-state index contributed by atoms with van der Waals surface area (Å²) in [5.74, 6) is -0.784. The van der Waals surface area contributed by atoms with Crippen molar-refractivity contribution in [3.8, 4) is 0 Å². The molecule has 0 aliphatic heterocycles. The predicted molar refractivity (Wildman–Crippen MR) is 84.5 cm³/mol. The van der Waals surface area contributed by atoms with Gasteiger partial charge in [-0.1, -0.05) is 13.8 Å². The zero-order chi connectivity index (χ0) is 16.1. The van der Waals surface area contributed by atoms with Crippen LogP contribution in [0.15, 0.2) is 0 Å². The predicted octanol–water partition coefficient (Wildman–Crippen LogP) is 2.00. The number of carboxylic acid groups (broad SMARTS) is 1. The number of hydrogen-bond donors (Lipinski definition) is 2. The molecular formula is C15H31N3O3. The van der Waals surface area contributed by atoms with Crippen molar-refractivity contribution in [3.05, 3.63) is 0 Å². The molecule has 21 heavy (non-hydrogen) atoms. The van der Waals surface area contributed by atoms with E-state index in [1.165, 1.54) is 0 Å². The van der Waals surface area contributed by atoms with Crippen LogP contribution in [0.25, 0.3) is 0 Å². The monoisotopic (exact) mass is 301 g/mol. The molecule has 0 fully saturated rings. The fraction of sp³-hybridized carbons (Fsp3) is 0.867. The van der Waals surface area contributed by atoms with Crippen LogP contribution in [0.2, 0.25) is 0 Å². The van der Waals surface area contributed by atoms with Gasteiger partial charge in [-0.15, -0.1) is 0 Å². The number of rotatable bonds is 12. The van der Waals surface area contributed by atoms with Crippen LogP contribution in [-0.2, 0) is 4.79 Å². The van der Waals surface area contributed by atoms with Crippen molar-refractivity contribution in [2.45, 2.75) is 46.5 Å². The lowest BCUT2D eigenvalue weighted by Crippen LogP contribution is -2.41. The largest absolute Gasteiger partial charge is 0.481 e. The van der Waals surface area contributed by atoms with Gasteiger partial charge in [-0.2, -0.15) is 0 Å². The summed E-state index contributed by atoms with van der Waals surface area (Å²) in [5, 5.41) is 11.4. The van der Waals surface area contributed by atoms with Gasteiger partial charge in [-0.25, -0.2) is 4.79 Å². The lowest BCUT2D eigenvalue weighted by Gasteiger charge is -2.24. The second-order valence-electron chi connectivity index (χ2n) is 5.04. The molecule has 0 atom stereocenters. The quantitative estimate of drug-likeness (QED) is 0.541. The Morgan fingerprint density at radius 1 is 0.952 bits per heavy atom. The molecule has 0 unspecified atom stereocenters. The summed E-state index contributed by atoms with van der Waals surface area (Å²) in [7, 11) is 0. The topological polar surface area (TPSA) is 72.9 Å². The van der Waals surface area contributed by atoms with E-state index >= 15 is 0 Å². The molecule has 0 aliphatic carbocycles. The fourth-order valence-electron chi connectivity index (χ4n) is 2.14. The molecule has 0 aliphatic rings. The molecule has 0 saturated carbocycles. The van der Waals surface area contributed by atoms with Crippen molar-refractivity contribution >= 4 is 12.0 Å². The minimum Gasteiger partial charge on any atom is -0.481 e. The van der Waals surface area contributed by atoms with E-state index in [9.17, 15) is 9.59 Å².